The molecule has 2 N–H and O–H groups in total. The zero-order valence-corrected chi connectivity index (χ0v) is 14.1. The van der Waals surface area contributed by atoms with Crippen molar-refractivity contribution in [2.45, 2.75) is 26.3 Å². The second kappa shape index (κ2) is 9.90. The highest BCUT2D eigenvalue weighted by Crippen LogP contribution is 2.17. The van der Waals surface area contributed by atoms with Crippen molar-refractivity contribution in [3.05, 3.63) is 41.5 Å². The summed E-state index contributed by atoms with van der Waals surface area (Å²) in [6, 6.07) is 7.98. The van der Waals surface area contributed by atoms with Gasteiger partial charge in [0.15, 0.2) is 5.96 Å². The molecule has 0 aromatic heterocycles. The predicted octanol–water partition coefficient (Wildman–Crippen LogP) is 2.49. The average Bonchev–Trinajstić information content (AvgIpc) is 2.61. The molecule has 0 spiro atoms. The van der Waals surface area contributed by atoms with Gasteiger partial charge in [-0.15, -0.1) is 0 Å². The molecule has 5 nitrogen and oxygen atoms in total. The molecule has 5 heteroatoms. The van der Waals surface area contributed by atoms with Crippen LogP contribution in [0, 0.1) is 0 Å². The van der Waals surface area contributed by atoms with Gasteiger partial charge in [-0.2, -0.15) is 0 Å². The molecule has 0 unspecified atom stereocenters. The minimum absolute atomic E-state index is 0.593. The first-order valence-corrected chi connectivity index (χ1v) is 8.23. The third-order valence-electron chi connectivity index (χ3n) is 3.74. The predicted molar refractivity (Wildman–Crippen MR) is 93.9 cm³/mol. The summed E-state index contributed by atoms with van der Waals surface area (Å²) in [7, 11) is 1.69. The van der Waals surface area contributed by atoms with Crippen molar-refractivity contribution in [3.63, 3.8) is 0 Å². The van der Waals surface area contributed by atoms with E-state index in [1.54, 1.807) is 7.11 Å². The van der Waals surface area contributed by atoms with Crippen molar-refractivity contribution in [1.82, 2.24) is 10.6 Å². The van der Waals surface area contributed by atoms with Crippen LogP contribution in [-0.4, -0.2) is 39.4 Å². The normalized spacial score (nSPS) is 15.0. The van der Waals surface area contributed by atoms with E-state index in [1.807, 2.05) is 24.3 Å². The number of nitrogens with zero attached hydrogens (tertiary/aromatic N) is 1. The SMILES string of the molecule is CCNC(=NCc1ccccc1OC)NCCC1=CCOCC1. The van der Waals surface area contributed by atoms with Crippen LogP contribution in [0.2, 0.25) is 0 Å². The van der Waals surface area contributed by atoms with E-state index in [-0.39, 0.29) is 0 Å². The minimum atomic E-state index is 0.593. The van der Waals surface area contributed by atoms with Crippen molar-refractivity contribution in [2.75, 3.05) is 33.4 Å². The van der Waals surface area contributed by atoms with Crippen LogP contribution >= 0.6 is 0 Å². The summed E-state index contributed by atoms with van der Waals surface area (Å²) in [4.78, 5) is 4.65. The molecule has 0 fully saturated rings. The van der Waals surface area contributed by atoms with Crippen LogP contribution in [0.4, 0.5) is 0 Å². The van der Waals surface area contributed by atoms with Crippen LogP contribution in [0.25, 0.3) is 0 Å². The molecule has 0 atom stereocenters. The van der Waals surface area contributed by atoms with Crippen LogP contribution < -0.4 is 15.4 Å². The van der Waals surface area contributed by atoms with Crippen LogP contribution in [0.5, 0.6) is 5.75 Å². The number of ether oxygens (including phenoxy) is 2. The number of guanidine groups is 1. The van der Waals surface area contributed by atoms with Gasteiger partial charge in [-0.05, 0) is 25.8 Å². The minimum Gasteiger partial charge on any atom is -0.496 e. The molecule has 0 amide bonds. The first-order chi connectivity index (χ1) is 11.3. The molecule has 1 aliphatic rings. The van der Waals surface area contributed by atoms with Gasteiger partial charge in [0, 0.05) is 18.7 Å². The van der Waals surface area contributed by atoms with Gasteiger partial charge in [-0.1, -0.05) is 29.8 Å². The standard InChI is InChI=1S/C18H27N3O2/c1-3-19-18(20-11-8-15-9-12-23-13-10-15)21-14-16-6-4-5-7-17(16)22-2/h4-7,9H,3,8,10-14H2,1-2H3,(H2,19,20,21). The van der Waals surface area contributed by atoms with Gasteiger partial charge in [-0.3, -0.25) is 0 Å². The Balaban J connectivity index is 1.87. The van der Waals surface area contributed by atoms with Gasteiger partial charge in [0.05, 0.1) is 26.9 Å². The fourth-order valence-corrected chi connectivity index (χ4v) is 2.47. The van der Waals surface area contributed by atoms with Crippen LogP contribution in [0.3, 0.4) is 0 Å². The summed E-state index contributed by atoms with van der Waals surface area (Å²) < 4.78 is 10.7. The molecule has 1 aromatic rings. The number of hydrogen-bond donors (Lipinski definition) is 2. The molecular formula is C18H27N3O2. The molecule has 0 saturated heterocycles. The fourth-order valence-electron chi connectivity index (χ4n) is 2.47. The Bertz CT molecular complexity index is 541. The number of benzene rings is 1. The molecule has 126 valence electrons. The summed E-state index contributed by atoms with van der Waals surface area (Å²) in [5.74, 6) is 1.71. The number of nitrogens with one attached hydrogen (secondary N) is 2. The molecular weight excluding hydrogens is 290 g/mol. The van der Waals surface area contributed by atoms with Gasteiger partial charge in [0.2, 0.25) is 0 Å². The highest BCUT2D eigenvalue weighted by molar-refractivity contribution is 5.79. The third kappa shape index (κ3) is 5.94. The van der Waals surface area contributed by atoms with Crippen LogP contribution in [0.15, 0.2) is 40.9 Å². The first-order valence-electron chi connectivity index (χ1n) is 8.23. The Hall–Kier alpha value is -2.01. The van der Waals surface area contributed by atoms with E-state index < -0.39 is 0 Å². The van der Waals surface area contributed by atoms with E-state index in [0.717, 1.165) is 56.4 Å². The number of rotatable bonds is 7. The van der Waals surface area contributed by atoms with Gasteiger partial charge < -0.3 is 20.1 Å². The van der Waals surface area contributed by atoms with E-state index in [9.17, 15) is 0 Å². The Morgan fingerprint density at radius 1 is 1.30 bits per heavy atom. The Morgan fingerprint density at radius 3 is 2.91 bits per heavy atom. The van der Waals surface area contributed by atoms with Crippen molar-refractivity contribution < 1.29 is 9.47 Å². The summed E-state index contributed by atoms with van der Waals surface area (Å²) in [6.07, 6.45) is 4.25. The van der Waals surface area contributed by atoms with Gasteiger partial charge >= 0.3 is 0 Å². The summed E-state index contributed by atoms with van der Waals surface area (Å²) in [6.45, 7) is 5.97. The van der Waals surface area contributed by atoms with Gasteiger partial charge in [0.1, 0.15) is 5.75 Å². The van der Waals surface area contributed by atoms with E-state index in [2.05, 4.69) is 28.6 Å². The average molecular weight is 317 g/mol. The first kappa shape index (κ1) is 17.3. The lowest BCUT2D eigenvalue weighted by atomic mass is 10.1. The van der Waals surface area contributed by atoms with Crippen molar-refractivity contribution in [3.8, 4) is 5.75 Å². The molecule has 23 heavy (non-hydrogen) atoms. The van der Waals surface area contributed by atoms with E-state index in [1.165, 1.54) is 5.57 Å². The maximum Gasteiger partial charge on any atom is 0.191 e. The van der Waals surface area contributed by atoms with Crippen LogP contribution in [0.1, 0.15) is 25.3 Å². The summed E-state index contributed by atoms with van der Waals surface area (Å²) in [5, 5.41) is 6.67. The summed E-state index contributed by atoms with van der Waals surface area (Å²) >= 11 is 0. The highest BCUT2D eigenvalue weighted by atomic mass is 16.5. The molecule has 1 aliphatic heterocycles. The quantitative estimate of drug-likeness (QED) is 0.461. The smallest absolute Gasteiger partial charge is 0.191 e. The lowest BCUT2D eigenvalue weighted by Gasteiger charge is -2.15. The topological polar surface area (TPSA) is 54.9 Å². The molecule has 1 aromatic carbocycles. The molecule has 0 aliphatic carbocycles. The number of para-hydroxylation sites is 1. The van der Waals surface area contributed by atoms with Crippen molar-refractivity contribution in [2.24, 2.45) is 4.99 Å². The third-order valence-corrected chi connectivity index (χ3v) is 3.74. The Labute approximate surface area is 138 Å². The Morgan fingerprint density at radius 2 is 2.17 bits per heavy atom. The number of methoxy groups -OCH3 is 1. The number of aliphatic imine (C=N–C) groups is 1. The molecule has 2 rings (SSSR count). The molecule has 0 bridgehead atoms. The van der Waals surface area contributed by atoms with E-state index >= 15 is 0 Å². The zero-order valence-electron chi connectivity index (χ0n) is 14.1. The zero-order chi connectivity index (χ0) is 16.3. The number of hydrogen-bond acceptors (Lipinski definition) is 3. The van der Waals surface area contributed by atoms with Gasteiger partial charge in [0.25, 0.3) is 0 Å². The second-order valence-corrected chi connectivity index (χ2v) is 5.37. The van der Waals surface area contributed by atoms with Crippen molar-refractivity contribution in [1.29, 1.82) is 0 Å². The largest absolute Gasteiger partial charge is 0.496 e. The second-order valence-electron chi connectivity index (χ2n) is 5.37. The fraction of sp³-hybridized carbons (Fsp3) is 0.500. The molecule has 0 saturated carbocycles. The van der Waals surface area contributed by atoms with E-state index in [0.29, 0.717) is 6.54 Å². The Kier molecular flexibility index (Phi) is 7.46. The van der Waals surface area contributed by atoms with Gasteiger partial charge in [-0.25, -0.2) is 4.99 Å². The maximum atomic E-state index is 5.37. The highest BCUT2D eigenvalue weighted by Gasteiger charge is 2.05. The molecule has 1 heterocycles. The van der Waals surface area contributed by atoms with Crippen molar-refractivity contribution >= 4 is 5.96 Å². The van der Waals surface area contributed by atoms with E-state index in [4.69, 9.17) is 9.47 Å². The monoisotopic (exact) mass is 317 g/mol. The van der Waals surface area contributed by atoms with Crippen LogP contribution in [-0.2, 0) is 11.3 Å². The molecule has 0 radical (unpaired) electrons. The lowest BCUT2D eigenvalue weighted by molar-refractivity contribution is 0.153. The lowest BCUT2D eigenvalue weighted by Crippen LogP contribution is -2.38. The maximum absolute atomic E-state index is 5.37. The summed E-state index contributed by atoms with van der Waals surface area (Å²) in [5.41, 5.74) is 2.55.